The molecule has 0 bridgehead atoms. The van der Waals surface area contributed by atoms with E-state index in [9.17, 15) is 19.2 Å². The molecule has 1 aliphatic carbocycles. The molecular weight excluding hydrogens is 524 g/mol. The lowest BCUT2D eigenvalue weighted by molar-refractivity contribution is -0.152. The lowest BCUT2D eigenvalue weighted by Gasteiger charge is -2.50. The van der Waals surface area contributed by atoms with Crippen molar-refractivity contribution in [2.75, 3.05) is 33.2 Å². The van der Waals surface area contributed by atoms with Crippen LogP contribution in [0.5, 0.6) is 0 Å². The Morgan fingerprint density at radius 1 is 1.07 bits per heavy atom. The van der Waals surface area contributed by atoms with Gasteiger partial charge in [0.15, 0.2) is 0 Å². The van der Waals surface area contributed by atoms with E-state index in [1.807, 2.05) is 35.2 Å². The fraction of sp³-hybridized carbons (Fsp3) is 0.567. The van der Waals surface area contributed by atoms with Crippen LogP contribution in [0.1, 0.15) is 43.1 Å². The number of carbonyl (C=O) groups excluding carboxylic acids is 4. The van der Waals surface area contributed by atoms with Gasteiger partial charge in [-0.15, -0.1) is 0 Å². The highest BCUT2D eigenvalue weighted by atomic mass is 16.5. The molecule has 2 aromatic rings. The number of hydrogen-bond acceptors (Lipinski definition) is 6. The van der Waals surface area contributed by atoms with Crippen molar-refractivity contribution in [2.45, 2.75) is 45.9 Å². The molecule has 3 heterocycles. The Kier molecular flexibility index (Phi) is 7.67. The molecule has 2 saturated heterocycles. The van der Waals surface area contributed by atoms with E-state index < -0.39 is 23.5 Å². The highest BCUT2D eigenvalue weighted by Gasteiger charge is 2.62. The monoisotopic (exact) mass is 564 g/mol. The van der Waals surface area contributed by atoms with Crippen LogP contribution >= 0.6 is 0 Å². The van der Waals surface area contributed by atoms with Gasteiger partial charge in [-0.25, -0.2) is 0 Å². The van der Waals surface area contributed by atoms with Gasteiger partial charge in [0.2, 0.25) is 17.7 Å². The van der Waals surface area contributed by atoms with Crippen LogP contribution in [-0.2, 0) is 32.8 Å². The minimum atomic E-state index is -0.929. The summed E-state index contributed by atoms with van der Waals surface area (Å²) in [6, 6.07) is 8.68. The van der Waals surface area contributed by atoms with Gasteiger partial charge in [0, 0.05) is 57.8 Å². The van der Waals surface area contributed by atoms with Gasteiger partial charge in [0.25, 0.3) is 5.91 Å². The van der Waals surface area contributed by atoms with E-state index >= 15 is 0 Å². The molecule has 11 heteroatoms. The molecule has 41 heavy (non-hydrogen) atoms. The highest BCUT2D eigenvalue weighted by molar-refractivity contribution is 5.95. The first-order chi connectivity index (χ1) is 19.4. The first kappa shape index (κ1) is 28.8. The molecule has 1 aromatic heterocycles. The highest BCUT2D eigenvalue weighted by Crippen LogP contribution is 2.54. The van der Waals surface area contributed by atoms with Gasteiger partial charge in [-0.2, -0.15) is 5.10 Å². The van der Waals surface area contributed by atoms with Gasteiger partial charge in [-0.1, -0.05) is 44.2 Å². The number of nitrogens with zero attached hydrogens (tertiary/aromatic N) is 4. The number of ether oxygens (including phenoxy) is 1. The number of rotatable bonds is 9. The lowest BCUT2D eigenvalue weighted by atomic mass is 9.70. The molecule has 2 N–H and O–H groups in total. The van der Waals surface area contributed by atoms with Crippen molar-refractivity contribution in [1.82, 2.24) is 30.2 Å². The van der Waals surface area contributed by atoms with E-state index in [0.29, 0.717) is 31.8 Å². The molecule has 4 atom stereocenters. The number of carbonyl (C=O) groups is 4. The van der Waals surface area contributed by atoms with E-state index in [0.717, 1.165) is 12.0 Å². The van der Waals surface area contributed by atoms with Crippen LogP contribution in [0, 0.1) is 22.7 Å². The summed E-state index contributed by atoms with van der Waals surface area (Å²) >= 11 is 0. The Labute approximate surface area is 240 Å². The normalized spacial score (nSPS) is 23.4. The van der Waals surface area contributed by atoms with Crippen LogP contribution in [0.25, 0.3) is 0 Å². The van der Waals surface area contributed by atoms with Crippen molar-refractivity contribution in [2.24, 2.45) is 29.7 Å². The van der Waals surface area contributed by atoms with Crippen molar-refractivity contribution < 1.29 is 23.9 Å². The summed E-state index contributed by atoms with van der Waals surface area (Å²) in [4.78, 5) is 56.7. The zero-order valence-electron chi connectivity index (χ0n) is 24.4. The van der Waals surface area contributed by atoms with E-state index in [1.165, 1.54) is 13.2 Å². The first-order valence-electron chi connectivity index (χ1n) is 14.2. The molecule has 220 valence electrons. The quantitative estimate of drug-likeness (QED) is 0.472. The number of likely N-dealkylation sites (N-methyl/N-ethyl adjacent to an activating group) is 1. The van der Waals surface area contributed by atoms with Crippen molar-refractivity contribution >= 4 is 23.6 Å². The second-order valence-electron chi connectivity index (χ2n) is 12.5. The summed E-state index contributed by atoms with van der Waals surface area (Å²) in [5.41, 5.74) is 0.823. The van der Waals surface area contributed by atoms with Crippen LogP contribution in [0.4, 0.5) is 0 Å². The smallest absolute Gasteiger partial charge is 0.257 e. The summed E-state index contributed by atoms with van der Waals surface area (Å²) in [5, 5.41) is 9.67. The standard InChI is InChI=1S/C30H40N6O5/c1-19(41-15-20-9-7-6-8-10-20)24(26(38)31-4)33-25(37)23-14-35(27(39)21-12-32-34(5)13-21)16-30(23)17-36(18-30)28(40)22-11-29(22,2)3/h6-10,12-13,19,22-24H,11,14-18H2,1-5H3,(H,31,38)(H,33,37)/t19-,22-,23-,24+/m1/s1. The third-order valence-corrected chi connectivity index (χ3v) is 8.99. The van der Waals surface area contributed by atoms with Gasteiger partial charge in [-0.3, -0.25) is 23.9 Å². The fourth-order valence-corrected chi connectivity index (χ4v) is 6.20. The SMILES string of the molecule is CNC(=O)[C@@H](NC(=O)[C@H]1CN(C(=O)c2cnn(C)c2)CC12CN(C(=O)[C@H]1CC1(C)C)C2)[C@@H](C)OCc1ccccc1. The van der Waals surface area contributed by atoms with E-state index in [4.69, 9.17) is 4.74 Å². The van der Waals surface area contributed by atoms with Gasteiger partial charge in [0.05, 0.1) is 30.4 Å². The topological polar surface area (TPSA) is 126 Å². The van der Waals surface area contributed by atoms with Gasteiger partial charge in [0.1, 0.15) is 6.04 Å². The van der Waals surface area contributed by atoms with Crippen LogP contribution in [0.15, 0.2) is 42.7 Å². The minimum absolute atomic E-state index is 0.00176. The maximum atomic E-state index is 13.9. The van der Waals surface area contributed by atoms with Gasteiger partial charge in [-0.05, 0) is 24.3 Å². The Bertz CT molecular complexity index is 1320. The molecule has 1 saturated carbocycles. The van der Waals surface area contributed by atoms with E-state index in [-0.39, 0.29) is 41.5 Å². The van der Waals surface area contributed by atoms with Crippen LogP contribution < -0.4 is 10.6 Å². The Morgan fingerprint density at radius 2 is 1.73 bits per heavy atom. The Morgan fingerprint density at radius 3 is 2.32 bits per heavy atom. The van der Waals surface area contributed by atoms with E-state index in [1.54, 1.807) is 29.7 Å². The Hall–Kier alpha value is -3.73. The van der Waals surface area contributed by atoms with Crippen molar-refractivity contribution in [3.63, 3.8) is 0 Å². The number of nitrogens with one attached hydrogen (secondary N) is 2. The van der Waals surface area contributed by atoms with Crippen molar-refractivity contribution in [3.05, 3.63) is 53.9 Å². The summed E-state index contributed by atoms with van der Waals surface area (Å²) in [5.74, 6) is -1.37. The van der Waals surface area contributed by atoms with Crippen LogP contribution in [-0.4, -0.2) is 88.6 Å². The van der Waals surface area contributed by atoms with Crippen LogP contribution in [0.3, 0.4) is 0 Å². The molecule has 0 radical (unpaired) electrons. The summed E-state index contributed by atoms with van der Waals surface area (Å²) in [7, 11) is 3.26. The fourth-order valence-electron chi connectivity index (χ4n) is 6.20. The zero-order chi connectivity index (χ0) is 29.5. The molecule has 11 nitrogen and oxygen atoms in total. The predicted octanol–water partition coefficient (Wildman–Crippen LogP) is 1.20. The summed E-state index contributed by atoms with van der Waals surface area (Å²) < 4.78 is 7.55. The third kappa shape index (κ3) is 5.72. The zero-order valence-corrected chi connectivity index (χ0v) is 24.4. The second-order valence-corrected chi connectivity index (χ2v) is 12.5. The van der Waals surface area contributed by atoms with Crippen molar-refractivity contribution in [1.29, 1.82) is 0 Å². The van der Waals surface area contributed by atoms with Gasteiger partial charge < -0.3 is 25.2 Å². The molecule has 1 spiro atoms. The molecule has 3 fully saturated rings. The molecule has 4 amide bonds. The predicted molar refractivity (Wildman–Crippen MR) is 150 cm³/mol. The lowest BCUT2D eigenvalue weighted by Crippen LogP contribution is -2.65. The number of benzene rings is 1. The summed E-state index contributed by atoms with van der Waals surface area (Å²) in [6.07, 6.45) is 3.42. The Balaban J connectivity index is 1.32. The van der Waals surface area contributed by atoms with Crippen molar-refractivity contribution in [3.8, 4) is 0 Å². The average Bonchev–Trinajstić information content (AvgIpc) is 3.24. The molecule has 0 unspecified atom stereocenters. The molecular formula is C30H40N6O5. The van der Waals surface area contributed by atoms with E-state index in [2.05, 4.69) is 29.6 Å². The average molecular weight is 565 g/mol. The number of hydrogen-bond donors (Lipinski definition) is 2. The molecule has 5 rings (SSSR count). The number of aromatic nitrogens is 2. The summed E-state index contributed by atoms with van der Waals surface area (Å²) in [6.45, 7) is 7.57. The minimum Gasteiger partial charge on any atom is -0.371 e. The largest absolute Gasteiger partial charge is 0.371 e. The second kappa shape index (κ2) is 10.9. The molecule has 2 aliphatic heterocycles. The molecule has 3 aliphatic rings. The third-order valence-electron chi connectivity index (χ3n) is 8.99. The number of likely N-dealkylation sites (tertiary alicyclic amines) is 2. The maximum Gasteiger partial charge on any atom is 0.257 e. The first-order valence-corrected chi connectivity index (χ1v) is 14.2. The number of amides is 4. The molecule has 1 aromatic carbocycles. The maximum absolute atomic E-state index is 13.9. The van der Waals surface area contributed by atoms with Gasteiger partial charge >= 0.3 is 0 Å². The number of aryl methyl sites for hydroxylation is 1. The van der Waals surface area contributed by atoms with Crippen LogP contribution in [0.2, 0.25) is 0 Å².